The van der Waals surface area contributed by atoms with Gasteiger partial charge in [0.25, 0.3) is 0 Å². The highest BCUT2D eigenvalue weighted by Crippen LogP contribution is 2.27. The second kappa shape index (κ2) is 5.43. The van der Waals surface area contributed by atoms with Crippen molar-refractivity contribution in [2.75, 3.05) is 20.1 Å². The molecular formula is C12H20INO. The van der Waals surface area contributed by atoms with Crippen LogP contribution < -0.4 is 24.0 Å². The van der Waals surface area contributed by atoms with Crippen molar-refractivity contribution in [1.82, 2.24) is 0 Å². The van der Waals surface area contributed by atoms with E-state index in [0.29, 0.717) is 5.78 Å². The summed E-state index contributed by atoms with van der Waals surface area (Å²) in [5.41, 5.74) is 1.11. The lowest BCUT2D eigenvalue weighted by molar-refractivity contribution is -0.873. The van der Waals surface area contributed by atoms with Gasteiger partial charge >= 0.3 is 0 Å². The molecule has 0 aromatic carbocycles. The highest BCUT2D eigenvalue weighted by molar-refractivity contribution is 5.93. The average molecular weight is 321 g/mol. The third-order valence-corrected chi connectivity index (χ3v) is 3.62. The van der Waals surface area contributed by atoms with Gasteiger partial charge in [-0.3, -0.25) is 9.28 Å². The summed E-state index contributed by atoms with van der Waals surface area (Å²) in [5.74, 6) is 0.403. The molecule has 0 spiro atoms. The Hall–Kier alpha value is 0.1000. The number of piperidine rings is 1. The lowest BCUT2D eigenvalue weighted by Gasteiger charge is -2.39. The number of nitrogens with zero attached hydrogens (tertiary/aromatic N) is 1. The van der Waals surface area contributed by atoms with E-state index in [1.165, 1.54) is 19.3 Å². The van der Waals surface area contributed by atoms with Gasteiger partial charge in [0, 0.05) is 6.42 Å². The van der Waals surface area contributed by atoms with Crippen LogP contribution in [0.4, 0.5) is 0 Å². The van der Waals surface area contributed by atoms with Crippen molar-refractivity contribution in [1.29, 1.82) is 0 Å². The first-order valence-electron chi connectivity index (χ1n) is 5.81. The van der Waals surface area contributed by atoms with Crippen molar-refractivity contribution in [2.24, 2.45) is 0 Å². The van der Waals surface area contributed by atoms with E-state index in [-0.39, 0.29) is 24.0 Å². The molecular weight excluding hydrogens is 301 g/mol. The number of hydrogen-bond acceptors (Lipinski definition) is 1. The molecule has 0 amide bonds. The zero-order valence-corrected chi connectivity index (χ0v) is 11.6. The molecule has 1 fully saturated rings. The van der Waals surface area contributed by atoms with Crippen molar-refractivity contribution in [3.63, 3.8) is 0 Å². The largest absolute Gasteiger partial charge is 1.00 e. The number of likely N-dealkylation sites (N-methyl/N-ethyl adjacent to an activating group) is 1. The number of quaternary nitrogens is 1. The maximum atomic E-state index is 11.8. The number of ketones is 1. The molecule has 0 unspecified atom stereocenters. The Bertz CT molecular complexity index is 267. The molecule has 2 nitrogen and oxygen atoms in total. The first kappa shape index (κ1) is 13.2. The van der Waals surface area contributed by atoms with Gasteiger partial charge in [0.1, 0.15) is 0 Å². The van der Waals surface area contributed by atoms with Gasteiger partial charge in [-0.1, -0.05) is 0 Å². The van der Waals surface area contributed by atoms with Crippen LogP contribution in [0.25, 0.3) is 0 Å². The number of carbonyl (C=O) groups excluding carboxylic acids is 1. The quantitative estimate of drug-likeness (QED) is 0.459. The van der Waals surface area contributed by atoms with Crippen molar-refractivity contribution in [3.05, 3.63) is 11.8 Å². The normalized spacial score (nSPS) is 25.4. The van der Waals surface area contributed by atoms with E-state index in [2.05, 4.69) is 13.1 Å². The molecule has 0 aromatic rings. The number of Topliss-reactive ketones (excluding diaryl/α,β-unsaturated/α-hetero) is 1. The number of rotatable bonds is 1. The third kappa shape index (κ3) is 2.81. The minimum Gasteiger partial charge on any atom is -1.00 e. The third-order valence-electron chi connectivity index (χ3n) is 3.62. The molecule has 1 aliphatic carbocycles. The molecule has 0 atom stereocenters. The Morgan fingerprint density at radius 3 is 2.40 bits per heavy atom. The van der Waals surface area contributed by atoms with Gasteiger partial charge in [0.05, 0.1) is 20.1 Å². The van der Waals surface area contributed by atoms with Crippen LogP contribution in [0.5, 0.6) is 0 Å². The second-order valence-electron chi connectivity index (χ2n) is 4.81. The summed E-state index contributed by atoms with van der Waals surface area (Å²) in [4.78, 5) is 11.8. The fourth-order valence-electron chi connectivity index (χ4n) is 2.72. The first-order valence-corrected chi connectivity index (χ1v) is 5.81. The monoisotopic (exact) mass is 321 g/mol. The van der Waals surface area contributed by atoms with Crippen LogP contribution in [0.15, 0.2) is 11.8 Å². The van der Waals surface area contributed by atoms with Crippen molar-refractivity contribution in [2.45, 2.75) is 38.5 Å². The summed E-state index contributed by atoms with van der Waals surface area (Å²) in [7, 11) is 2.23. The minimum atomic E-state index is 0. The maximum Gasteiger partial charge on any atom is 0.215 e. The molecule has 0 bridgehead atoms. The van der Waals surface area contributed by atoms with E-state index in [1.807, 2.05) is 0 Å². The summed E-state index contributed by atoms with van der Waals surface area (Å²) in [6.07, 6.45) is 9.03. The fraction of sp³-hybridized carbons (Fsp3) is 0.750. The van der Waals surface area contributed by atoms with Gasteiger partial charge in [-0.05, 0) is 38.2 Å². The molecule has 0 aromatic heterocycles. The zero-order chi connectivity index (χ0) is 10.0. The van der Waals surface area contributed by atoms with E-state index in [1.54, 1.807) is 0 Å². The lowest BCUT2D eigenvalue weighted by atomic mass is 9.98. The molecule has 86 valence electrons. The molecule has 2 rings (SSSR count). The highest BCUT2D eigenvalue weighted by Gasteiger charge is 2.34. The molecule has 1 aliphatic heterocycles. The van der Waals surface area contributed by atoms with Gasteiger partial charge in [-0.15, -0.1) is 0 Å². The standard InChI is InChI=1S/C12H20NO.HI/c1-13(9-5-2-6-10-13)11-7-3-4-8-12(11)14;/h7H,2-6,8-10H2,1H3;1H/q+1;/p-1. The van der Waals surface area contributed by atoms with Crippen molar-refractivity contribution >= 4 is 5.78 Å². The van der Waals surface area contributed by atoms with Gasteiger partial charge in [0.15, 0.2) is 5.70 Å². The van der Waals surface area contributed by atoms with E-state index in [4.69, 9.17) is 0 Å². The highest BCUT2D eigenvalue weighted by atomic mass is 127. The van der Waals surface area contributed by atoms with E-state index in [9.17, 15) is 4.79 Å². The average Bonchev–Trinajstić information content (AvgIpc) is 2.19. The molecule has 0 N–H and O–H groups in total. The molecule has 15 heavy (non-hydrogen) atoms. The molecule has 0 radical (unpaired) electrons. The van der Waals surface area contributed by atoms with Crippen LogP contribution in [0, 0.1) is 0 Å². The predicted molar refractivity (Wildman–Crippen MR) is 56.7 cm³/mol. The molecule has 0 saturated carbocycles. The van der Waals surface area contributed by atoms with Crippen molar-refractivity contribution < 1.29 is 33.3 Å². The summed E-state index contributed by atoms with van der Waals surface area (Å²) in [6, 6.07) is 0. The zero-order valence-electron chi connectivity index (χ0n) is 9.47. The number of hydrogen-bond donors (Lipinski definition) is 0. The Morgan fingerprint density at radius 2 is 1.80 bits per heavy atom. The van der Waals surface area contributed by atoms with Crippen molar-refractivity contribution in [3.8, 4) is 0 Å². The number of carbonyl (C=O) groups is 1. The summed E-state index contributed by atoms with van der Waals surface area (Å²) < 4.78 is 0.916. The van der Waals surface area contributed by atoms with Gasteiger partial charge in [-0.25, -0.2) is 0 Å². The van der Waals surface area contributed by atoms with Crippen LogP contribution in [0.2, 0.25) is 0 Å². The van der Waals surface area contributed by atoms with Crippen LogP contribution in [0.3, 0.4) is 0 Å². The van der Waals surface area contributed by atoms with Crippen LogP contribution in [-0.4, -0.2) is 30.4 Å². The second-order valence-corrected chi connectivity index (χ2v) is 4.81. The van der Waals surface area contributed by atoms with Crippen LogP contribution in [-0.2, 0) is 4.79 Å². The minimum absolute atomic E-state index is 0. The number of likely N-dealkylation sites (tertiary alicyclic amines) is 1. The van der Waals surface area contributed by atoms with Crippen LogP contribution >= 0.6 is 0 Å². The first-order chi connectivity index (χ1) is 6.72. The molecule has 3 heteroatoms. The Labute approximate surface area is 109 Å². The smallest absolute Gasteiger partial charge is 0.215 e. The molecule has 2 aliphatic rings. The van der Waals surface area contributed by atoms with E-state index >= 15 is 0 Å². The fourth-order valence-corrected chi connectivity index (χ4v) is 2.72. The Morgan fingerprint density at radius 1 is 1.13 bits per heavy atom. The summed E-state index contributed by atoms with van der Waals surface area (Å²) in [5, 5.41) is 0. The number of allylic oxidation sites excluding steroid dienone is 2. The topological polar surface area (TPSA) is 17.1 Å². The van der Waals surface area contributed by atoms with Gasteiger partial charge < -0.3 is 24.0 Å². The predicted octanol–water partition coefficient (Wildman–Crippen LogP) is -0.742. The Kier molecular flexibility index (Phi) is 4.77. The molecule has 1 saturated heterocycles. The van der Waals surface area contributed by atoms with E-state index < -0.39 is 0 Å². The van der Waals surface area contributed by atoms with Gasteiger partial charge in [0.2, 0.25) is 5.78 Å². The van der Waals surface area contributed by atoms with E-state index in [0.717, 1.165) is 42.5 Å². The SMILES string of the molecule is C[N+]1(C2=CCCCC2=O)CCCCC1.[I-]. The summed E-state index contributed by atoms with van der Waals surface area (Å²) >= 11 is 0. The maximum absolute atomic E-state index is 11.8. The van der Waals surface area contributed by atoms with Gasteiger partial charge in [-0.2, -0.15) is 0 Å². The van der Waals surface area contributed by atoms with Crippen LogP contribution in [0.1, 0.15) is 38.5 Å². The molecule has 1 heterocycles. The lowest BCUT2D eigenvalue weighted by Crippen LogP contribution is -3.00. The summed E-state index contributed by atoms with van der Waals surface area (Å²) in [6.45, 7) is 2.33. The number of halogens is 1. The Balaban J connectivity index is 0.00000112.